The monoisotopic (exact) mass is 234 g/mol. The molecule has 0 unspecified atom stereocenters. The molecule has 1 aromatic carbocycles. The smallest absolute Gasteiger partial charge is 0.0412 e. The maximum absolute atomic E-state index is 5.85. The fourth-order valence-corrected chi connectivity index (χ4v) is 2.34. The predicted octanol–water partition coefficient (Wildman–Crippen LogP) is 0.0561. The lowest BCUT2D eigenvalue weighted by molar-refractivity contribution is 0.587. The first-order chi connectivity index (χ1) is 8.35. The number of benzene rings is 1. The van der Waals surface area contributed by atoms with Crippen molar-refractivity contribution in [1.29, 1.82) is 0 Å². The van der Waals surface area contributed by atoms with Crippen LogP contribution in [-0.4, -0.2) is 32.7 Å². The number of anilines is 1. The summed E-state index contributed by atoms with van der Waals surface area (Å²) in [4.78, 5) is 2.41. The second-order valence-corrected chi connectivity index (χ2v) is 4.44. The van der Waals surface area contributed by atoms with Gasteiger partial charge in [0.05, 0.1) is 0 Å². The molecule has 0 aromatic heterocycles. The van der Waals surface area contributed by atoms with Crippen LogP contribution in [-0.2, 0) is 13.0 Å². The first-order valence-electron chi connectivity index (χ1n) is 6.32. The maximum Gasteiger partial charge on any atom is 0.0412 e. The third kappa shape index (κ3) is 2.97. The zero-order valence-electron chi connectivity index (χ0n) is 10.3. The molecule has 0 bridgehead atoms. The molecule has 4 nitrogen and oxygen atoms in total. The summed E-state index contributed by atoms with van der Waals surface area (Å²) in [6.45, 7) is 5.50. The van der Waals surface area contributed by atoms with Crippen molar-refractivity contribution < 1.29 is 0 Å². The summed E-state index contributed by atoms with van der Waals surface area (Å²) >= 11 is 0. The molecule has 0 aliphatic carbocycles. The van der Waals surface area contributed by atoms with Crippen LogP contribution in [0.3, 0.4) is 0 Å². The molecular weight excluding hydrogens is 212 g/mol. The molecule has 2 rings (SSSR count). The SMILES string of the molecule is NCCc1ccc(N2CCNCC2)c(CN)c1. The van der Waals surface area contributed by atoms with Crippen LogP contribution >= 0.6 is 0 Å². The van der Waals surface area contributed by atoms with Crippen LogP contribution in [0.25, 0.3) is 0 Å². The predicted molar refractivity (Wildman–Crippen MR) is 72.2 cm³/mol. The summed E-state index contributed by atoms with van der Waals surface area (Å²) in [6.07, 6.45) is 0.925. The minimum Gasteiger partial charge on any atom is -0.369 e. The molecule has 1 aliphatic heterocycles. The van der Waals surface area contributed by atoms with Gasteiger partial charge in [0, 0.05) is 38.4 Å². The molecule has 0 saturated carbocycles. The largest absolute Gasteiger partial charge is 0.369 e. The Balaban J connectivity index is 2.20. The number of nitrogens with zero attached hydrogens (tertiary/aromatic N) is 1. The van der Waals surface area contributed by atoms with Gasteiger partial charge in [-0.25, -0.2) is 0 Å². The number of nitrogens with two attached hydrogens (primary N) is 2. The molecular formula is C13H22N4. The van der Waals surface area contributed by atoms with E-state index < -0.39 is 0 Å². The molecule has 1 heterocycles. The standard InChI is InChI=1S/C13H22N4/c14-4-3-11-1-2-13(12(9-11)10-15)17-7-5-16-6-8-17/h1-2,9,16H,3-8,10,14-15H2. The Hall–Kier alpha value is -1.10. The van der Waals surface area contributed by atoms with Gasteiger partial charge in [0.1, 0.15) is 0 Å². The highest BCUT2D eigenvalue weighted by molar-refractivity contribution is 5.55. The average Bonchev–Trinajstić information content (AvgIpc) is 2.40. The lowest BCUT2D eigenvalue weighted by Gasteiger charge is -2.31. The van der Waals surface area contributed by atoms with E-state index in [0.29, 0.717) is 13.1 Å². The van der Waals surface area contributed by atoms with Crippen molar-refractivity contribution in [3.8, 4) is 0 Å². The Bertz CT molecular complexity index is 358. The first kappa shape index (κ1) is 12.4. The second-order valence-electron chi connectivity index (χ2n) is 4.44. The van der Waals surface area contributed by atoms with Crippen molar-refractivity contribution >= 4 is 5.69 Å². The number of nitrogens with one attached hydrogen (secondary N) is 1. The van der Waals surface area contributed by atoms with E-state index in [0.717, 1.165) is 32.6 Å². The summed E-state index contributed by atoms with van der Waals surface area (Å²) in [5.41, 5.74) is 15.2. The minimum absolute atomic E-state index is 0.595. The summed E-state index contributed by atoms with van der Waals surface area (Å²) in [6, 6.07) is 6.56. The Morgan fingerprint density at radius 3 is 2.59 bits per heavy atom. The van der Waals surface area contributed by atoms with Crippen molar-refractivity contribution in [3.63, 3.8) is 0 Å². The van der Waals surface area contributed by atoms with Crippen LogP contribution in [0, 0.1) is 0 Å². The molecule has 94 valence electrons. The van der Waals surface area contributed by atoms with E-state index >= 15 is 0 Å². The van der Waals surface area contributed by atoms with Crippen molar-refractivity contribution in [2.75, 3.05) is 37.6 Å². The number of piperazine rings is 1. The van der Waals surface area contributed by atoms with Gasteiger partial charge in [-0.2, -0.15) is 0 Å². The fraction of sp³-hybridized carbons (Fsp3) is 0.538. The van der Waals surface area contributed by atoms with Gasteiger partial charge in [-0.05, 0) is 30.2 Å². The Kier molecular flexibility index (Phi) is 4.36. The number of rotatable bonds is 4. The van der Waals surface area contributed by atoms with Gasteiger partial charge in [0.25, 0.3) is 0 Å². The van der Waals surface area contributed by atoms with Crippen LogP contribution in [0.15, 0.2) is 18.2 Å². The lowest BCUT2D eigenvalue weighted by Crippen LogP contribution is -2.44. The third-order valence-corrected chi connectivity index (χ3v) is 3.25. The number of hydrogen-bond acceptors (Lipinski definition) is 4. The Morgan fingerprint density at radius 2 is 1.94 bits per heavy atom. The van der Waals surface area contributed by atoms with E-state index in [1.54, 1.807) is 0 Å². The average molecular weight is 234 g/mol. The highest BCUT2D eigenvalue weighted by Crippen LogP contribution is 2.22. The van der Waals surface area contributed by atoms with Crippen molar-refractivity contribution in [3.05, 3.63) is 29.3 Å². The summed E-state index contributed by atoms with van der Waals surface area (Å²) in [7, 11) is 0. The zero-order valence-corrected chi connectivity index (χ0v) is 10.3. The Morgan fingerprint density at radius 1 is 1.18 bits per heavy atom. The lowest BCUT2D eigenvalue weighted by atomic mass is 10.0. The molecule has 0 spiro atoms. The summed E-state index contributed by atoms with van der Waals surface area (Å²) in [5, 5.41) is 3.36. The van der Waals surface area contributed by atoms with Crippen LogP contribution < -0.4 is 21.7 Å². The molecule has 0 radical (unpaired) electrons. The molecule has 1 fully saturated rings. The van der Waals surface area contributed by atoms with Crippen LogP contribution in [0.1, 0.15) is 11.1 Å². The number of hydrogen-bond donors (Lipinski definition) is 3. The molecule has 5 N–H and O–H groups in total. The van der Waals surface area contributed by atoms with E-state index in [9.17, 15) is 0 Å². The van der Waals surface area contributed by atoms with Gasteiger partial charge in [0.2, 0.25) is 0 Å². The van der Waals surface area contributed by atoms with Crippen molar-refractivity contribution in [2.24, 2.45) is 11.5 Å². The van der Waals surface area contributed by atoms with Gasteiger partial charge in [-0.1, -0.05) is 12.1 Å². The van der Waals surface area contributed by atoms with Gasteiger partial charge < -0.3 is 21.7 Å². The minimum atomic E-state index is 0.595. The van der Waals surface area contributed by atoms with Gasteiger partial charge >= 0.3 is 0 Å². The molecule has 1 saturated heterocycles. The Labute approximate surface area is 103 Å². The van der Waals surface area contributed by atoms with Gasteiger partial charge in [0.15, 0.2) is 0 Å². The third-order valence-electron chi connectivity index (χ3n) is 3.25. The van der Waals surface area contributed by atoms with E-state index in [1.165, 1.54) is 16.8 Å². The van der Waals surface area contributed by atoms with Crippen molar-refractivity contribution in [2.45, 2.75) is 13.0 Å². The van der Waals surface area contributed by atoms with Crippen LogP contribution in [0.4, 0.5) is 5.69 Å². The summed E-state index contributed by atoms with van der Waals surface area (Å²) in [5.74, 6) is 0. The van der Waals surface area contributed by atoms with E-state index in [2.05, 4.69) is 28.4 Å². The molecule has 1 aliphatic rings. The second kappa shape index (κ2) is 6.00. The first-order valence-corrected chi connectivity index (χ1v) is 6.32. The van der Waals surface area contributed by atoms with Crippen LogP contribution in [0.2, 0.25) is 0 Å². The topological polar surface area (TPSA) is 67.3 Å². The van der Waals surface area contributed by atoms with Gasteiger partial charge in [-0.15, -0.1) is 0 Å². The van der Waals surface area contributed by atoms with E-state index in [-0.39, 0.29) is 0 Å². The van der Waals surface area contributed by atoms with Crippen molar-refractivity contribution in [1.82, 2.24) is 5.32 Å². The maximum atomic E-state index is 5.85. The molecule has 0 atom stereocenters. The molecule has 4 heteroatoms. The van der Waals surface area contributed by atoms with E-state index in [1.807, 2.05) is 0 Å². The van der Waals surface area contributed by atoms with Crippen LogP contribution in [0.5, 0.6) is 0 Å². The normalized spacial score (nSPS) is 16.2. The zero-order chi connectivity index (χ0) is 12.1. The highest BCUT2D eigenvalue weighted by atomic mass is 15.2. The fourth-order valence-electron chi connectivity index (χ4n) is 2.34. The van der Waals surface area contributed by atoms with Gasteiger partial charge in [-0.3, -0.25) is 0 Å². The molecule has 1 aromatic rings. The molecule has 17 heavy (non-hydrogen) atoms. The molecule has 0 amide bonds. The quantitative estimate of drug-likeness (QED) is 0.689. The summed E-state index contributed by atoms with van der Waals surface area (Å²) < 4.78 is 0. The highest BCUT2D eigenvalue weighted by Gasteiger charge is 2.13. The van der Waals surface area contributed by atoms with E-state index in [4.69, 9.17) is 11.5 Å².